The van der Waals surface area contributed by atoms with Gasteiger partial charge in [-0.3, -0.25) is 13.7 Å². The summed E-state index contributed by atoms with van der Waals surface area (Å²) >= 11 is 0. The number of hydrogen-bond acceptors (Lipinski definition) is 2. The highest BCUT2D eigenvalue weighted by Gasteiger charge is 2.43. The van der Waals surface area contributed by atoms with Crippen LogP contribution in [0.3, 0.4) is 0 Å². The third-order valence-corrected chi connectivity index (χ3v) is 23.3. The Morgan fingerprint density at radius 3 is 1.76 bits per heavy atom. The Bertz CT molecular complexity index is 5870. The van der Waals surface area contributed by atoms with Crippen LogP contribution in [0.15, 0.2) is 273 Å². The van der Waals surface area contributed by atoms with Crippen molar-refractivity contribution in [1.82, 2.24) is 14.1 Å². The summed E-state index contributed by atoms with van der Waals surface area (Å²) in [5.41, 5.74) is -2.05. The molecular formula is C88H80N4OSi. The highest BCUT2D eigenvalue weighted by molar-refractivity contribution is 7.19. The number of para-hydroxylation sites is 4. The van der Waals surface area contributed by atoms with E-state index in [9.17, 15) is 8.22 Å². The smallest absolute Gasteiger partial charge is 0.269 e. The Morgan fingerprint density at radius 2 is 1.09 bits per heavy atom. The van der Waals surface area contributed by atoms with Crippen LogP contribution < -0.4 is 30.1 Å². The Balaban J connectivity index is 0.881. The molecule has 14 aromatic rings. The van der Waals surface area contributed by atoms with Crippen molar-refractivity contribution in [2.45, 2.75) is 104 Å². The Morgan fingerprint density at radius 1 is 0.500 bits per heavy atom. The molecule has 11 aromatic carbocycles. The standard InChI is InChI=1S/C88H80N4OSi/c1-59-48-83(89-56-76(59)60-28-25-37-71(51-60)94(68-31-15-12-16-32-68,69-33-17-13-18-34-69)70-35-19-14-20-36-70)92-79-41-22-21-38-74(79)75-46-45-67(55-82(75)92)93-66-30-26-29-65(54-66)90-58-91(81-43-24-23-42-80(81)90)84-72(61-44-47-77-78(52-61)88(10,11)57-87(77,8)9)39-27-40-73(84)62-49-63(85(2,3)4)53-64(50-62)86(5,6)7/h12-56H,57H2,1-11H3/i1D3,8D3,9D3,10D3,11D3,44D,47D,52D. The molecule has 0 bridgehead atoms. The fourth-order valence-electron chi connectivity index (χ4n) is 13.9. The van der Waals surface area contributed by atoms with E-state index in [0.29, 0.717) is 61.8 Å². The van der Waals surface area contributed by atoms with Gasteiger partial charge in [-0.15, -0.1) is 0 Å². The molecule has 1 aliphatic carbocycles. The van der Waals surface area contributed by atoms with Gasteiger partial charge in [-0.05, 0) is 154 Å². The highest BCUT2D eigenvalue weighted by atomic mass is 28.3. The summed E-state index contributed by atoms with van der Waals surface area (Å²) in [5.74, 6) is 1.20. The van der Waals surface area contributed by atoms with Crippen molar-refractivity contribution in [3.05, 3.63) is 307 Å². The summed E-state index contributed by atoms with van der Waals surface area (Å²) in [6, 6.07) is 78.4. The minimum absolute atomic E-state index is 0.0299. The monoisotopic (exact) mass is 1250 g/mol. The Labute approximate surface area is 580 Å². The van der Waals surface area contributed by atoms with Crippen LogP contribution in [-0.4, -0.2) is 22.2 Å². The molecule has 0 N–H and O–H groups in total. The predicted octanol–water partition coefficient (Wildman–Crippen LogP) is 19.2. The maximum atomic E-state index is 10.3. The van der Waals surface area contributed by atoms with E-state index in [2.05, 4.69) is 139 Å². The van der Waals surface area contributed by atoms with Crippen LogP contribution >= 0.6 is 0 Å². The molecule has 462 valence electrons. The molecule has 1 aliphatic rings. The Hall–Kier alpha value is -10.1. The summed E-state index contributed by atoms with van der Waals surface area (Å²) in [6.07, 6.45) is 3.74. The van der Waals surface area contributed by atoms with Crippen molar-refractivity contribution in [3.8, 4) is 62.1 Å². The molecule has 0 amide bonds. The summed E-state index contributed by atoms with van der Waals surface area (Å²) < 4.78 is 178. The summed E-state index contributed by atoms with van der Waals surface area (Å²) in [7, 11) is -3.03. The van der Waals surface area contributed by atoms with Gasteiger partial charge in [0.2, 0.25) is 0 Å². The Kier molecular flexibility index (Phi) is 10.4. The number of aryl methyl sites for hydroxylation is 1. The number of ether oxygens (including phenoxy) is 1. The zero-order valence-electron chi connectivity index (χ0n) is 71.2. The van der Waals surface area contributed by atoms with Gasteiger partial charge >= 0.3 is 0 Å². The molecular weight excluding hydrogens is 1160 g/mol. The maximum absolute atomic E-state index is 10.3. The SMILES string of the molecule is [2H]c1c([2H])c2c(c([2H])c1-c1cccc(-c3cc(C(C)(C)C)cc(C(C)(C)C)c3)c1-[n+]1[c-]n(-c3cccc(Oc4ccc5c6ccccc6n(-c6cc(C([2H])([2H])[2H])c(-c7cccc([Si](c8ccccc8)(c8ccccc8)c8ccccc8)c7)cn6)c5c4)c3)c3ccccc31)C(C([2H])([2H])[2H])(C([2H])([2H])[2H])CC2(C([2H])([2H])[2H])C([2H])([2H])[2H]. The zero-order valence-corrected chi connectivity index (χ0v) is 54.2. The zero-order chi connectivity index (χ0) is 80.0. The lowest BCUT2D eigenvalue weighted by atomic mass is 9.78. The van der Waals surface area contributed by atoms with Crippen molar-refractivity contribution in [2.75, 3.05) is 0 Å². The first-order chi connectivity index (χ1) is 52.7. The minimum atomic E-state index is -3.70. The summed E-state index contributed by atoms with van der Waals surface area (Å²) in [5, 5.41) is 6.34. The molecule has 3 heterocycles. The van der Waals surface area contributed by atoms with Crippen molar-refractivity contribution in [2.24, 2.45) is 0 Å². The quantitative estimate of drug-likeness (QED) is 0.0529. The van der Waals surface area contributed by atoms with E-state index in [0.717, 1.165) is 32.6 Å². The van der Waals surface area contributed by atoms with Crippen molar-refractivity contribution >= 4 is 61.7 Å². The molecule has 15 rings (SSSR count). The third kappa shape index (κ3) is 10.4. The summed E-state index contributed by atoms with van der Waals surface area (Å²) in [6.45, 7) is -4.79. The molecule has 94 heavy (non-hydrogen) atoms. The van der Waals surface area contributed by atoms with E-state index in [1.165, 1.54) is 15.6 Å². The van der Waals surface area contributed by atoms with E-state index >= 15 is 0 Å². The number of hydrogen-bond donors (Lipinski definition) is 0. The van der Waals surface area contributed by atoms with Gasteiger partial charge in [0.25, 0.3) is 6.33 Å². The largest absolute Gasteiger partial charge is 0.458 e. The first-order valence-electron chi connectivity index (χ1n) is 40.7. The van der Waals surface area contributed by atoms with E-state index in [1.54, 1.807) is 39.6 Å². The highest BCUT2D eigenvalue weighted by Crippen LogP contribution is 2.51. The van der Waals surface area contributed by atoms with E-state index in [-0.39, 0.29) is 16.8 Å². The lowest BCUT2D eigenvalue weighted by Gasteiger charge is -2.34. The molecule has 0 radical (unpaired) electrons. The van der Waals surface area contributed by atoms with Gasteiger partial charge in [0.15, 0.2) is 8.07 Å². The van der Waals surface area contributed by atoms with E-state index < -0.39 is 105 Å². The number of nitrogens with zero attached hydrogens (tertiary/aromatic N) is 4. The maximum Gasteiger partial charge on any atom is 0.269 e. The number of aromatic nitrogens is 4. The second kappa shape index (κ2) is 22.9. The number of benzene rings is 11. The van der Waals surface area contributed by atoms with Gasteiger partial charge in [0, 0.05) is 49.2 Å². The number of imidazole rings is 1. The van der Waals surface area contributed by atoms with Crippen LogP contribution in [0.2, 0.25) is 0 Å². The van der Waals surface area contributed by atoms with Gasteiger partial charge in [-0.25, -0.2) is 4.98 Å². The number of rotatable bonds is 12. The second-order valence-electron chi connectivity index (χ2n) is 26.9. The molecule has 0 saturated carbocycles. The van der Waals surface area contributed by atoms with Crippen molar-refractivity contribution in [3.63, 3.8) is 0 Å². The molecule has 0 aliphatic heterocycles. The van der Waals surface area contributed by atoms with Crippen LogP contribution in [0.4, 0.5) is 0 Å². The number of pyridine rings is 1. The molecule has 3 aromatic heterocycles. The number of fused-ring (bicyclic) bond motifs is 5. The predicted molar refractivity (Wildman–Crippen MR) is 395 cm³/mol. The van der Waals surface area contributed by atoms with E-state index in [4.69, 9.17) is 26.2 Å². The van der Waals surface area contributed by atoms with E-state index in [1.807, 2.05) is 138 Å². The fraction of sp³-hybridized carbons (Fsp3) is 0.182. The lowest BCUT2D eigenvalue weighted by molar-refractivity contribution is -0.571. The molecule has 0 atom stereocenters. The normalized spacial score (nSPS) is 17.3. The van der Waals surface area contributed by atoms with Crippen LogP contribution in [0.25, 0.3) is 83.4 Å². The van der Waals surface area contributed by atoms with Gasteiger partial charge in [0.05, 0.1) is 37.6 Å². The molecule has 0 unspecified atom stereocenters. The lowest BCUT2D eigenvalue weighted by Crippen LogP contribution is -2.74. The summed E-state index contributed by atoms with van der Waals surface area (Å²) in [4.78, 5) is 5.16. The van der Waals surface area contributed by atoms with Gasteiger partial charge in [-0.1, -0.05) is 287 Å². The van der Waals surface area contributed by atoms with Crippen LogP contribution in [0.1, 0.15) is 128 Å². The van der Waals surface area contributed by atoms with Crippen molar-refractivity contribution < 1.29 is 34.0 Å². The fourth-order valence-corrected chi connectivity index (χ4v) is 18.7. The van der Waals surface area contributed by atoms with Crippen LogP contribution in [0.5, 0.6) is 11.5 Å². The van der Waals surface area contributed by atoms with Gasteiger partial charge < -0.3 is 4.74 Å². The topological polar surface area (TPSA) is 35.9 Å². The first-order valence-corrected chi connectivity index (χ1v) is 33.7. The molecule has 0 spiro atoms. The minimum Gasteiger partial charge on any atom is -0.458 e. The van der Waals surface area contributed by atoms with Gasteiger partial charge in [0.1, 0.15) is 17.3 Å². The first kappa shape index (κ1) is 42.9. The molecule has 6 heteroatoms. The molecule has 5 nitrogen and oxygen atoms in total. The van der Waals surface area contributed by atoms with Gasteiger partial charge in [-0.2, -0.15) is 0 Å². The average Bonchev–Trinajstić information content (AvgIpc) is 1.49. The van der Waals surface area contributed by atoms with Crippen LogP contribution in [0, 0.1) is 13.2 Å². The second-order valence-corrected chi connectivity index (χ2v) is 30.7. The third-order valence-electron chi connectivity index (χ3n) is 18.6. The average molecular weight is 1260 g/mol. The molecule has 0 saturated heterocycles. The van der Waals surface area contributed by atoms with Crippen molar-refractivity contribution in [1.29, 1.82) is 0 Å². The van der Waals surface area contributed by atoms with Crippen LogP contribution in [-0.2, 0) is 21.7 Å². The molecule has 0 fully saturated rings.